The monoisotopic (exact) mass is 396 g/mol. The molecule has 2 aromatic carbocycles. The molecule has 0 aliphatic carbocycles. The number of benzene rings is 2. The van der Waals surface area contributed by atoms with E-state index in [-0.39, 0.29) is 22.6 Å². The number of aryl methyl sites for hydroxylation is 2. The molecule has 5 heteroatoms. The molecule has 1 atom stereocenters. The first-order valence-corrected chi connectivity index (χ1v) is 10.6. The fraction of sp³-hybridized carbons (Fsp3) is 0.391. The van der Waals surface area contributed by atoms with Crippen LogP contribution in [0.4, 0.5) is 11.4 Å². The van der Waals surface area contributed by atoms with Gasteiger partial charge in [-0.1, -0.05) is 39.0 Å². The van der Waals surface area contributed by atoms with Crippen LogP contribution in [0.1, 0.15) is 49.3 Å². The van der Waals surface area contributed by atoms with Crippen molar-refractivity contribution in [2.45, 2.75) is 46.4 Å². The summed E-state index contributed by atoms with van der Waals surface area (Å²) in [5.74, 6) is 0.573. The Hall–Kier alpha value is -2.27. The van der Waals surface area contributed by atoms with Gasteiger partial charge in [0.2, 0.25) is 11.8 Å². The summed E-state index contributed by atoms with van der Waals surface area (Å²) >= 11 is 1.62. The molecule has 28 heavy (non-hydrogen) atoms. The third kappa shape index (κ3) is 4.76. The second kappa shape index (κ2) is 8.00. The van der Waals surface area contributed by atoms with Crippen LogP contribution in [0.25, 0.3) is 0 Å². The standard InChI is InChI=1S/C23H28N2O2S/c1-15-9-10-19(11-16(15)2)25-21(27)14-28-22(25)17-7-6-8-18(12-17)24-20(26)13-23(3,4)5/h6-12,22H,13-14H2,1-5H3,(H,24,26)/t22-/m0/s1. The Labute approximate surface area is 171 Å². The van der Waals surface area contributed by atoms with Crippen molar-refractivity contribution >= 4 is 35.0 Å². The predicted octanol–water partition coefficient (Wildman–Crippen LogP) is 5.46. The molecule has 0 unspecified atom stereocenters. The lowest BCUT2D eigenvalue weighted by atomic mass is 9.92. The minimum atomic E-state index is -0.0888. The van der Waals surface area contributed by atoms with Gasteiger partial charge in [-0.2, -0.15) is 0 Å². The van der Waals surface area contributed by atoms with Crippen LogP contribution in [-0.2, 0) is 9.59 Å². The van der Waals surface area contributed by atoms with Crippen LogP contribution in [0.15, 0.2) is 42.5 Å². The van der Waals surface area contributed by atoms with Crippen LogP contribution >= 0.6 is 11.8 Å². The second-order valence-corrected chi connectivity index (χ2v) is 9.68. The Morgan fingerprint density at radius 2 is 1.89 bits per heavy atom. The molecule has 1 heterocycles. The Kier molecular flexibility index (Phi) is 5.84. The van der Waals surface area contributed by atoms with Crippen LogP contribution in [0.5, 0.6) is 0 Å². The highest BCUT2D eigenvalue weighted by Crippen LogP contribution is 2.42. The molecule has 0 spiro atoms. The van der Waals surface area contributed by atoms with Gasteiger partial charge in [-0.15, -0.1) is 11.8 Å². The smallest absolute Gasteiger partial charge is 0.238 e. The highest BCUT2D eigenvalue weighted by atomic mass is 32.2. The van der Waals surface area contributed by atoms with Gasteiger partial charge in [0, 0.05) is 17.8 Å². The molecule has 4 nitrogen and oxygen atoms in total. The van der Waals surface area contributed by atoms with E-state index in [4.69, 9.17) is 0 Å². The van der Waals surface area contributed by atoms with E-state index >= 15 is 0 Å². The van der Waals surface area contributed by atoms with Crippen molar-refractivity contribution in [1.29, 1.82) is 0 Å². The van der Waals surface area contributed by atoms with E-state index in [2.05, 4.69) is 31.3 Å². The number of thioether (sulfide) groups is 1. The number of hydrogen-bond acceptors (Lipinski definition) is 3. The highest BCUT2D eigenvalue weighted by Gasteiger charge is 2.34. The molecule has 0 bridgehead atoms. The maximum Gasteiger partial charge on any atom is 0.238 e. The largest absolute Gasteiger partial charge is 0.326 e. The van der Waals surface area contributed by atoms with Crippen molar-refractivity contribution in [2.75, 3.05) is 16.0 Å². The SMILES string of the molecule is Cc1ccc(N2C(=O)CS[C@H]2c2cccc(NC(=O)CC(C)(C)C)c2)cc1C. The molecule has 0 saturated carbocycles. The number of amides is 2. The van der Waals surface area contributed by atoms with Crippen molar-refractivity contribution in [3.63, 3.8) is 0 Å². The van der Waals surface area contributed by atoms with Gasteiger partial charge in [-0.25, -0.2) is 0 Å². The van der Waals surface area contributed by atoms with E-state index in [1.807, 2.05) is 56.0 Å². The van der Waals surface area contributed by atoms with Crippen LogP contribution in [-0.4, -0.2) is 17.6 Å². The fourth-order valence-electron chi connectivity index (χ4n) is 3.28. The molecule has 0 radical (unpaired) electrons. The van der Waals surface area contributed by atoms with Gasteiger partial charge < -0.3 is 5.32 Å². The summed E-state index contributed by atoms with van der Waals surface area (Å²) in [4.78, 5) is 26.8. The maximum absolute atomic E-state index is 12.6. The molecule has 1 aliphatic rings. The number of nitrogens with one attached hydrogen (secondary N) is 1. The maximum atomic E-state index is 12.6. The summed E-state index contributed by atoms with van der Waals surface area (Å²) in [5, 5.41) is 2.90. The highest BCUT2D eigenvalue weighted by molar-refractivity contribution is 8.00. The first-order valence-electron chi connectivity index (χ1n) is 9.55. The van der Waals surface area contributed by atoms with Crippen molar-refractivity contribution < 1.29 is 9.59 Å². The molecule has 1 N–H and O–H groups in total. The van der Waals surface area contributed by atoms with Crippen molar-refractivity contribution in [1.82, 2.24) is 0 Å². The average Bonchev–Trinajstić information content (AvgIpc) is 2.97. The number of nitrogens with zero attached hydrogens (tertiary/aromatic N) is 1. The lowest BCUT2D eigenvalue weighted by molar-refractivity contribution is -0.118. The van der Waals surface area contributed by atoms with Gasteiger partial charge in [-0.3, -0.25) is 14.5 Å². The predicted molar refractivity (Wildman–Crippen MR) is 118 cm³/mol. The molecule has 2 amide bonds. The van der Waals surface area contributed by atoms with Crippen molar-refractivity contribution in [2.24, 2.45) is 5.41 Å². The van der Waals surface area contributed by atoms with Crippen LogP contribution in [0.2, 0.25) is 0 Å². The zero-order chi connectivity index (χ0) is 20.5. The van der Waals surface area contributed by atoms with Gasteiger partial charge in [0.1, 0.15) is 5.37 Å². The summed E-state index contributed by atoms with van der Waals surface area (Å²) in [5.41, 5.74) is 5.03. The fourth-order valence-corrected chi connectivity index (χ4v) is 4.45. The van der Waals surface area contributed by atoms with E-state index in [0.29, 0.717) is 12.2 Å². The lowest BCUT2D eigenvalue weighted by Crippen LogP contribution is -2.28. The third-order valence-electron chi connectivity index (χ3n) is 4.78. The Balaban J connectivity index is 1.84. The summed E-state index contributed by atoms with van der Waals surface area (Å²) in [7, 11) is 0. The Morgan fingerprint density at radius 1 is 1.14 bits per heavy atom. The minimum Gasteiger partial charge on any atom is -0.326 e. The normalized spacial score (nSPS) is 17.1. The number of carbonyl (C=O) groups excluding carboxylic acids is 2. The molecule has 1 aliphatic heterocycles. The molecular formula is C23H28N2O2S. The zero-order valence-corrected chi connectivity index (χ0v) is 18.0. The lowest BCUT2D eigenvalue weighted by Gasteiger charge is -2.25. The molecule has 1 saturated heterocycles. The number of rotatable bonds is 4. The zero-order valence-electron chi connectivity index (χ0n) is 17.2. The van der Waals surface area contributed by atoms with E-state index in [9.17, 15) is 9.59 Å². The van der Waals surface area contributed by atoms with E-state index in [1.165, 1.54) is 11.1 Å². The second-order valence-electron chi connectivity index (χ2n) is 8.61. The summed E-state index contributed by atoms with van der Waals surface area (Å²) in [6.07, 6.45) is 0.461. The van der Waals surface area contributed by atoms with Crippen LogP contribution in [0, 0.1) is 19.3 Å². The van der Waals surface area contributed by atoms with Gasteiger partial charge >= 0.3 is 0 Å². The first-order chi connectivity index (χ1) is 13.1. The number of anilines is 2. The third-order valence-corrected chi connectivity index (χ3v) is 6.00. The van der Waals surface area contributed by atoms with Crippen LogP contribution in [0.3, 0.4) is 0 Å². The van der Waals surface area contributed by atoms with Gasteiger partial charge in [0.15, 0.2) is 0 Å². The minimum absolute atomic E-state index is 0.00539. The van der Waals surface area contributed by atoms with E-state index in [0.717, 1.165) is 16.9 Å². The summed E-state index contributed by atoms with van der Waals surface area (Å²) in [6.45, 7) is 10.3. The van der Waals surface area contributed by atoms with E-state index < -0.39 is 0 Å². The van der Waals surface area contributed by atoms with E-state index in [1.54, 1.807) is 11.8 Å². The molecule has 1 fully saturated rings. The Morgan fingerprint density at radius 3 is 2.57 bits per heavy atom. The van der Waals surface area contributed by atoms with Crippen LogP contribution < -0.4 is 10.2 Å². The molecule has 2 aromatic rings. The molecule has 0 aromatic heterocycles. The average molecular weight is 397 g/mol. The van der Waals surface area contributed by atoms with Gasteiger partial charge in [-0.05, 0) is 60.2 Å². The molecule has 3 rings (SSSR count). The van der Waals surface area contributed by atoms with Crippen molar-refractivity contribution in [3.05, 3.63) is 59.2 Å². The quantitative estimate of drug-likeness (QED) is 0.747. The van der Waals surface area contributed by atoms with Crippen molar-refractivity contribution in [3.8, 4) is 0 Å². The molecular weight excluding hydrogens is 368 g/mol. The topological polar surface area (TPSA) is 49.4 Å². The van der Waals surface area contributed by atoms with Gasteiger partial charge in [0.25, 0.3) is 0 Å². The number of carbonyl (C=O) groups is 2. The summed E-state index contributed by atoms with van der Waals surface area (Å²) in [6, 6.07) is 14.0. The Bertz CT molecular complexity index is 902. The summed E-state index contributed by atoms with van der Waals surface area (Å²) < 4.78 is 0. The number of hydrogen-bond donors (Lipinski definition) is 1. The van der Waals surface area contributed by atoms with Gasteiger partial charge in [0.05, 0.1) is 5.75 Å². The first kappa shape index (κ1) is 20.5. The molecule has 148 valence electrons.